The molecular formula is C17H17F17OS. The Morgan fingerprint density at radius 1 is 0.500 bits per heavy atom. The van der Waals surface area contributed by atoms with E-state index in [0.717, 1.165) is 12.8 Å². The molecule has 0 aromatic heterocycles. The highest BCUT2D eigenvalue weighted by Crippen LogP contribution is 2.64. The van der Waals surface area contributed by atoms with Crippen LogP contribution < -0.4 is 0 Å². The Labute approximate surface area is 196 Å². The summed E-state index contributed by atoms with van der Waals surface area (Å²) in [5.74, 6) is -58.3. The van der Waals surface area contributed by atoms with E-state index in [2.05, 4.69) is 0 Å². The molecule has 0 saturated heterocycles. The number of carbonyl (C=O) groups excluding carboxylic acids is 1. The van der Waals surface area contributed by atoms with Gasteiger partial charge in [0.1, 0.15) is 0 Å². The molecule has 1 nitrogen and oxygen atoms in total. The summed E-state index contributed by atoms with van der Waals surface area (Å²) >= 11 is -0.830. The second-order valence-corrected chi connectivity index (χ2v) is 8.49. The molecule has 0 heterocycles. The molecular weight excluding hydrogens is 575 g/mol. The Morgan fingerprint density at radius 3 is 1.22 bits per heavy atom. The van der Waals surface area contributed by atoms with Gasteiger partial charge in [0, 0.05) is 5.75 Å². The highest BCUT2D eigenvalue weighted by atomic mass is 32.2. The van der Waals surface area contributed by atoms with Crippen LogP contribution in [0.1, 0.15) is 45.4 Å². The van der Waals surface area contributed by atoms with E-state index in [4.69, 9.17) is 0 Å². The van der Waals surface area contributed by atoms with Crippen molar-refractivity contribution in [3.63, 3.8) is 0 Å². The molecule has 0 unspecified atom stereocenters. The van der Waals surface area contributed by atoms with Crippen LogP contribution >= 0.6 is 11.8 Å². The summed E-state index contributed by atoms with van der Waals surface area (Å²) in [6.45, 7) is 1.81. The molecule has 0 N–H and O–H groups in total. The molecule has 0 fully saturated rings. The van der Waals surface area contributed by atoms with Crippen LogP contribution in [0.3, 0.4) is 0 Å². The molecule has 0 amide bonds. The van der Waals surface area contributed by atoms with Gasteiger partial charge >= 0.3 is 47.6 Å². The number of halogens is 17. The van der Waals surface area contributed by atoms with E-state index >= 15 is 0 Å². The SMILES string of the molecule is CCCCCCCCSC(=O)C(F)(F)C(F)(F)C(F)(F)C(F)(F)C(F)(F)C(F)(F)C(F)(F)C(F)(F)F. The number of unbranched alkanes of at least 4 members (excludes halogenated alkanes) is 5. The maximum atomic E-state index is 13.7. The predicted molar refractivity (Wildman–Crippen MR) is 91.5 cm³/mol. The van der Waals surface area contributed by atoms with Gasteiger partial charge in [0.15, 0.2) is 0 Å². The number of hydrogen-bond donors (Lipinski definition) is 0. The minimum Gasteiger partial charge on any atom is -0.280 e. The lowest BCUT2D eigenvalue weighted by atomic mass is 9.89. The van der Waals surface area contributed by atoms with Crippen LogP contribution in [-0.4, -0.2) is 58.5 Å². The third kappa shape index (κ3) is 5.63. The molecule has 0 aliphatic heterocycles. The van der Waals surface area contributed by atoms with Gasteiger partial charge in [-0.3, -0.25) is 4.79 Å². The zero-order valence-corrected chi connectivity index (χ0v) is 18.5. The van der Waals surface area contributed by atoms with Gasteiger partial charge in [-0.05, 0) is 6.42 Å². The molecule has 0 rings (SSSR count). The summed E-state index contributed by atoms with van der Waals surface area (Å²) in [5, 5.41) is -3.30. The minimum absolute atomic E-state index is 0.175. The monoisotopic (exact) mass is 592 g/mol. The third-order valence-corrected chi connectivity index (χ3v) is 5.72. The van der Waals surface area contributed by atoms with Gasteiger partial charge in [-0.25, -0.2) is 0 Å². The summed E-state index contributed by atoms with van der Waals surface area (Å²) in [6, 6.07) is 0. The minimum atomic E-state index is -8.70. The maximum Gasteiger partial charge on any atom is 0.460 e. The largest absolute Gasteiger partial charge is 0.460 e. The molecule has 0 saturated carbocycles. The van der Waals surface area contributed by atoms with E-state index in [1.807, 2.05) is 6.92 Å². The van der Waals surface area contributed by atoms with Crippen LogP contribution in [0.4, 0.5) is 74.6 Å². The fourth-order valence-electron chi connectivity index (χ4n) is 2.43. The fourth-order valence-corrected chi connectivity index (χ4v) is 3.27. The lowest BCUT2D eigenvalue weighted by molar-refractivity contribution is -0.459. The average Bonchev–Trinajstić information content (AvgIpc) is 2.71. The molecule has 0 aromatic carbocycles. The summed E-state index contributed by atoms with van der Waals surface area (Å²) in [5.41, 5.74) is 0. The molecule has 0 radical (unpaired) electrons. The fraction of sp³-hybridized carbons (Fsp3) is 0.941. The standard InChI is InChI=1S/C17H17F17OS/c1-2-3-4-5-6-7-8-36-9(35)10(18,19)11(20,21)12(22,23)13(24,25)14(26,27)15(28,29)16(30,31)17(32,33)34/h2-8H2,1H3. The molecule has 36 heavy (non-hydrogen) atoms. The molecule has 0 spiro atoms. The van der Waals surface area contributed by atoms with Gasteiger partial charge in [-0.15, -0.1) is 0 Å². The van der Waals surface area contributed by atoms with E-state index < -0.39 is 70.3 Å². The second kappa shape index (κ2) is 10.9. The number of thioether (sulfide) groups is 1. The van der Waals surface area contributed by atoms with Crippen molar-refractivity contribution in [2.45, 2.75) is 93.1 Å². The Kier molecular flexibility index (Phi) is 10.5. The summed E-state index contributed by atoms with van der Waals surface area (Å²) in [4.78, 5) is 11.3. The zero-order chi connectivity index (χ0) is 29.2. The summed E-state index contributed by atoms with van der Waals surface area (Å²) in [7, 11) is 0. The van der Waals surface area contributed by atoms with E-state index in [1.54, 1.807) is 0 Å². The zero-order valence-electron chi connectivity index (χ0n) is 17.7. The first-order valence-corrected chi connectivity index (χ1v) is 10.6. The molecule has 0 aliphatic rings. The van der Waals surface area contributed by atoms with Crippen LogP contribution in [0, 0.1) is 0 Å². The van der Waals surface area contributed by atoms with Crippen molar-refractivity contribution in [2.75, 3.05) is 5.75 Å². The highest BCUT2D eigenvalue weighted by Gasteiger charge is 2.95. The Morgan fingerprint density at radius 2 is 0.833 bits per heavy atom. The van der Waals surface area contributed by atoms with Crippen LogP contribution in [0.15, 0.2) is 0 Å². The van der Waals surface area contributed by atoms with Gasteiger partial charge in [0.25, 0.3) is 5.12 Å². The first-order valence-electron chi connectivity index (χ1n) is 9.62. The lowest BCUT2D eigenvalue weighted by Crippen LogP contribution is -2.74. The number of hydrogen-bond acceptors (Lipinski definition) is 2. The Hall–Kier alpha value is -1.17. The number of alkyl halides is 17. The predicted octanol–water partition coefficient (Wildman–Crippen LogP) is 8.62. The average molecular weight is 592 g/mol. The van der Waals surface area contributed by atoms with Gasteiger partial charge in [0.05, 0.1) is 0 Å². The van der Waals surface area contributed by atoms with Gasteiger partial charge in [0.2, 0.25) is 0 Å². The smallest absolute Gasteiger partial charge is 0.280 e. The van der Waals surface area contributed by atoms with Crippen molar-refractivity contribution in [3.8, 4) is 0 Å². The quantitative estimate of drug-likeness (QED) is 0.149. The molecule has 0 aromatic rings. The molecule has 0 bridgehead atoms. The topological polar surface area (TPSA) is 17.1 Å². The highest BCUT2D eigenvalue weighted by molar-refractivity contribution is 8.13. The van der Waals surface area contributed by atoms with E-state index in [9.17, 15) is 79.4 Å². The van der Waals surface area contributed by atoms with E-state index in [-0.39, 0.29) is 12.8 Å². The Balaban J connectivity index is 6.06. The van der Waals surface area contributed by atoms with Gasteiger partial charge < -0.3 is 0 Å². The van der Waals surface area contributed by atoms with Crippen LogP contribution in [0.25, 0.3) is 0 Å². The normalized spacial score (nSPS) is 15.4. The second-order valence-electron chi connectivity index (χ2n) is 7.42. The van der Waals surface area contributed by atoms with Crippen molar-refractivity contribution in [3.05, 3.63) is 0 Å². The first-order chi connectivity index (χ1) is 15.7. The molecule has 216 valence electrons. The van der Waals surface area contributed by atoms with E-state index in [0.29, 0.717) is 12.8 Å². The van der Waals surface area contributed by atoms with E-state index in [1.165, 1.54) is 0 Å². The number of rotatable bonds is 14. The first kappa shape index (κ1) is 34.8. The summed E-state index contributed by atoms with van der Waals surface area (Å²) in [6.07, 6.45) is -5.20. The van der Waals surface area contributed by atoms with Gasteiger partial charge in [-0.2, -0.15) is 74.6 Å². The lowest BCUT2D eigenvalue weighted by Gasteiger charge is -2.42. The van der Waals surface area contributed by atoms with Crippen LogP contribution in [0.2, 0.25) is 0 Å². The summed E-state index contributed by atoms with van der Waals surface area (Å²) < 4.78 is 224. The molecule has 19 heteroatoms. The Bertz CT molecular complexity index is 744. The van der Waals surface area contributed by atoms with Gasteiger partial charge in [-0.1, -0.05) is 50.8 Å². The number of carbonyl (C=O) groups is 1. The van der Waals surface area contributed by atoms with Crippen molar-refractivity contribution >= 4 is 16.9 Å². The van der Waals surface area contributed by atoms with Crippen molar-refractivity contribution in [1.29, 1.82) is 0 Å². The third-order valence-electron chi connectivity index (χ3n) is 4.71. The van der Waals surface area contributed by atoms with Crippen molar-refractivity contribution in [2.24, 2.45) is 0 Å². The van der Waals surface area contributed by atoms with Crippen LogP contribution in [0.5, 0.6) is 0 Å². The van der Waals surface area contributed by atoms with Crippen molar-refractivity contribution in [1.82, 2.24) is 0 Å². The maximum absolute atomic E-state index is 13.7. The van der Waals surface area contributed by atoms with Crippen LogP contribution in [-0.2, 0) is 4.79 Å². The molecule has 0 atom stereocenters. The molecule has 0 aliphatic carbocycles. The van der Waals surface area contributed by atoms with Crippen molar-refractivity contribution < 1.29 is 79.4 Å².